The number of amides is 1. The average Bonchev–Trinajstić information content (AvgIpc) is 2.65. The Hall–Kier alpha value is -3.09. The molecule has 0 aromatic heterocycles. The Kier molecular flexibility index (Phi) is 6.76. The zero-order valence-corrected chi connectivity index (χ0v) is 15.4. The van der Waals surface area contributed by atoms with Crippen LogP contribution in [0.5, 0.6) is 5.75 Å². The number of nitrogens with two attached hydrogens (primary N) is 1. The van der Waals surface area contributed by atoms with Crippen LogP contribution in [0.25, 0.3) is 10.8 Å². The van der Waals surface area contributed by atoms with Crippen molar-refractivity contribution in [2.24, 2.45) is 5.73 Å². The lowest BCUT2D eigenvalue weighted by molar-refractivity contribution is -0.180. The summed E-state index contributed by atoms with van der Waals surface area (Å²) in [5, 5.41) is 1.57. The summed E-state index contributed by atoms with van der Waals surface area (Å²) in [5.74, 6) is -2.21. The van der Waals surface area contributed by atoms with E-state index in [4.69, 9.17) is 19.9 Å². The molecule has 0 bridgehead atoms. The fourth-order valence-electron chi connectivity index (χ4n) is 2.69. The molecule has 0 saturated carbocycles. The van der Waals surface area contributed by atoms with Crippen LogP contribution in [0.4, 0.5) is 0 Å². The largest absolute Gasteiger partial charge is 0.463 e. The maximum absolute atomic E-state index is 12.7. The molecule has 2 aromatic carbocycles. The predicted molar refractivity (Wildman–Crippen MR) is 99.0 cm³/mol. The summed E-state index contributed by atoms with van der Waals surface area (Å²) in [7, 11) is 0. The van der Waals surface area contributed by atoms with Gasteiger partial charge in [-0.05, 0) is 25.3 Å². The van der Waals surface area contributed by atoms with Crippen molar-refractivity contribution >= 4 is 28.6 Å². The number of hydrogen-bond donors (Lipinski definition) is 1. The monoisotopic (exact) mass is 373 g/mol. The van der Waals surface area contributed by atoms with E-state index in [2.05, 4.69) is 0 Å². The summed E-state index contributed by atoms with van der Waals surface area (Å²) in [6, 6.07) is 12.6. The summed E-state index contributed by atoms with van der Waals surface area (Å²) in [6.45, 7) is 3.30. The first-order chi connectivity index (χ1) is 12.9. The molecule has 2 N–H and O–H groups in total. The highest BCUT2D eigenvalue weighted by molar-refractivity contribution is 6.05. The molecule has 27 heavy (non-hydrogen) atoms. The number of esters is 2. The Balaban J connectivity index is 2.55. The van der Waals surface area contributed by atoms with E-state index in [9.17, 15) is 14.4 Å². The van der Waals surface area contributed by atoms with Gasteiger partial charge in [-0.2, -0.15) is 0 Å². The van der Waals surface area contributed by atoms with E-state index in [1.54, 1.807) is 32.0 Å². The van der Waals surface area contributed by atoms with Crippen LogP contribution in [-0.4, -0.2) is 36.7 Å². The van der Waals surface area contributed by atoms with Gasteiger partial charge in [0.1, 0.15) is 5.75 Å². The van der Waals surface area contributed by atoms with Crippen LogP contribution in [0.2, 0.25) is 0 Å². The van der Waals surface area contributed by atoms with E-state index in [-0.39, 0.29) is 26.1 Å². The molecule has 0 saturated heterocycles. The van der Waals surface area contributed by atoms with Gasteiger partial charge in [-0.1, -0.05) is 36.4 Å². The van der Waals surface area contributed by atoms with Crippen LogP contribution >= 0.6 is 0 Å². The summed E-state index contributed by atoms with van der Waals surface area (Å²) in [5.41, 5.74) is 3.11. The molecule has 0 unspecified atom stereocenters. The van der Waals surface area contributed by atoms with Gasteiger partial charge in [-0.25, -0.2) is 9.59 Å². The van der Waals surface area contributed by atoms with E-state index in [1.807, 2.05) is 24.3 Å². The molecule has 0 heterocycles. The standard InChI is InChI=1S/C20H23NO6/c1-3-25-18(23)20(13-12-17(21)22,19(24)26-4-2)27-16-11-7-9-14-8-5-6-10-15(14)16/h5-11H,3-4,12-13H2,1-2H3,(H2,21,22). The van der Waals surface area contributed by atoms with Crippen LogP contribution in [0, 0.1) is 0 Å². The first-order valence-electron chi connectivity index (χ1n) is 8.74. The maximum atomic E-state index is 12.7. The first kappa shape index (κ1) is 20.2. The minimum Gasteiger partial charge on any atom is -0.463 e. The number of carbonyl (C=O) groups excluding carboxylic acids is 3. The van der Waals surface area contributed by atoms with Gasteiger partial charge in [-0.3, -0.25) is 4.79 Å². The van der Waals surface area contributed by atoms with E-state index in [1.165, 1.54) is 0 Å². The fourth-order valence-corrected chi connectivity index (χ4v) is 2.69. The molecule has 2 aromatic rings. The van der Waals surface area contributed by atoms with E-state index in [0.717, 1.165) is 5.39 Å². The molecule has 0 fully saturated rings. The highest BCUT2D eigenvalue weighted by Gasteiger charge is 2.52. The van der Waals surface area contributed by atoms with Gasteiger partial charge in [0.15, 0.2) is 0 Å². The number of fused-ring (bicyclic) bond motifs is 1. The second-order valence-electron chi connectivity index (χ2n) is 5.81. The highest BCUT2D eigenvalue weighted by Crippen LogP contribution is 2.32. The Morgan fingerprint density at radius 1 is 0.926 bits per heavy atom. The lowest BCUT2D eigenvalue weighted by Crippen LogP contribution is -2.54. The molecule has 7 nitrogen and oxygen atoms in total. The number of benzene rings is 2. The van der Waals surface area contributed by atoms with Gasteiger partial charge in [0, 0.05) is 18.2 Å². The molecule has 1 amide bonds. The van der Waals surface area contributed by atoms with Crippen LogP contribution in [0.3, 0.4) is 0 Å². The Labute approximate surface area is 157 Å². The second kappa shape index (κ2) is 9.02. The molecular formula is C20H23NO6. The molecule has 0 aliphatic rings. The molecule has 2 rings (SSSR count). The topological polar surface area (TPSA) is 105 Å². The SMILES string of the molecule is CCOC(=O)C(CCC(N)=O)(Oc1cccc2ccccc12)C(=O)OCC. The van der Waals surface area contributed by atoms with E-state index >= 15 is 0 Å². The molecule has 0 aliphatic carbocycles. The molecule has 0 aliphatic heterocycles. The smallest absolute Gasteiger partial charge is 0.362 e. The third-order valence-corrected chi connectivity index (χ3v) is 3.97. The van der Waals surface area contributed by atoms with Crippen molar-refractivity contribution in [1.29, 1.82) is 0 Å². The van der Waals surface area contributed by atoms with Crippen LogP contribution in [0.15, 0.2) is 42.5 Å². The summed E-state index contributed by atoms with van der Waals surface area (Å²) in [4.78, 5) is 36.8. The minimum absolute atomic E-state index is 0.0372. The first-order valence-corrected chi connectivity index (χ1v) is 8.74. The van der Waals surface area contributed by atoms with Crippen molar-refractivity contribution in [2.45, 2.75) is 32.3 Å². The number of ether oxygens (including phenoxy) is 3. The van der Waals surface area contributed by atoms with Crippen molar-refractivity contribution in [3.05, 3.63) is 42.5 Å². The van der Waals surface area contributed by atoms with E-state index < -0.39 is 23.4 Å². The van der Waals surface area contributed by atoms with Gasteiger partial charge < -0.3 is 19.9 Å². The lowest BCUT2D eigenvalue weighted by atomic mass is 9.96. The summed E-state index contributed by atoms with van der Waals surface area (Å²) < 4.78 is 16.1. The predicted octanol–water partition coefficient (Wildman–Crippen LogP) is 2.35. The third-order valence-electron chi connectivity index (χ3n) is 3.97. The maximum Gasteiger partial charge on any atom is 0.362 e. The fraction of sp³-hybridized carbons (Fsp3) is 0.350. The second-order valence-corrected chi connectivity index (χ2v) is 5.81. The van der Waals surface area contributed by atoms with Crippen LogP contribution in [0.1, 0.15) is 26.7 Å². The Morgan fingerprint density at radius 3 is 2.11 bits per heavy atom. The zero-order chi connectivity index (χ0) is 19.9. The van der Waals surface area contributed by atoms with Gasteiger partial charge in [-0.15, -0.1) is 0 Å². The Morgan fingerprint density at radius 2 is 1.52 bits per heavy atom. The van der Waals surface area contributed by atoms with Crippen molar-refractivity contribution in [3.63, 3.8) is 0 Å². The van der Waals surface area contributed by atoms with Gasteiger partial charge in [0.25, 0.3) is 0 Å². The van der Waals surface area contributed by atoms with Crippen molar-refractivity contribution in [1.82, 2.24) is 0 Å². The summed E-state index contributed by atoms with van der Waals surface area (Å²) >= 11 is 0. The van der Waals surface area contributed by atoms with Crippen molar-refractivity contribution in [2.75, 3.05) is 13.2 Å². The summed E-state index contributed by atoms with van der Waals surface area (Å²) in [6.07, 6.45) is -0.536. The normalized spacial score (nSPS) is 11.0. The number of rotatable bonds is 9. The molecule has 0 spiro atoms. The quantitative estimate of drug-likeness (QED) is 0.534. The van der Waals surface area contributed by atoms with Gasteiger partial charge in [0.2, 0.25) is 5.91 Å². The van der Waals surface area contributed by atoms with Gasteiger partial charge in [0.05, 0.1) is 13.2 Å². The zero-order valence-electron chi connectivity index (χ0n) is 15.4. The molecule has 144 valence electrons. The number of primary amides is 1. The lowest BCUT2D eigenvalue weighted by Gasteiger charge is -2.30. The molecule has 7 heteroatoms. The van der Waals surface area contributed by atoms with Crippen molar-refractivity contribution in [3.8, 4) is 5.75 Å². The highest BCUT2D eigenvalue weighted by atomic mass is 16.6. The van der Waals surface area contributed by atoms with Crippen LogP contribution in [-0.2, 0) is 23.9 Å². The number of hydrogen-bond acceptors (Lipinski definition) is 6. The molecule has 0 atom stereocenters. The average molecular weight is 373 g/mol. The van der Waals surface area contributed by atoms with E-state index in [0.29, 0.717) is 11.1 Å². The third kappa shape index (κ3) is 4.55. The van der Waals surface area contributed by atoms with Gasteiger partial charge >= 0.3 is 17.5 Å². The Bertz CT molecular complexity index is 809. The molecular weight excluding hydrogens is 350 g/mol. The molecule has 0 radical (unpaired) electrons. The van der Waals surface area contributed by atoms with Crippen molar-refractivity contribution < 1.29 is 28.6 Å². The minimum atomic E-state index is -2.12. The number of carbonyl (C=O) groups is 3. The van der Waals surface area contributed by atoms with Crippen LogP contribution < -0.4 is 10.5 Å².